The lowest BCUT2D eigenvalue weighted by atomic mass is 9.87. The lowest BCUT2D eigenvalue weighted by Gasteiger charge is -2.33. The van der Waals surface area contributed by atoms with Gasteiger partial charge in [0.15, 0.2) is 0 Å². The summed E-state index contributed by atoms with van der Waals surface area (Å²) in [5, 5.41) is 9.20. The average molecular weight is 199 g/mol. The fourth-order valence-corrected chi connectivity index (χ4v) is 2.25. The normalized spacial score (nSPS) is 29.9. The summed E-state index contributed by atoms with van der Waals surface area (Å²) < 4.78 is 0. The van der Waals surface area contributed by atoms with Crippen LogP contribution in [0.15, 0.2) is 0 Å². The van der Waals surface area contributed by atoms with Crippen LogP contribution in [0.1, 0.15) is 33.1 Å². The standard InChI is InChI=1S/C10H17NO3/c1-9(2)4-5-10(6-9,8(13)14)11(3)7-12/h7H,4-6H2,1-3H3,(H,13,14). The molecule has 1 atom stereocenters. The third-order valence-electron chi connectivity index (χ3n) is 3.22. The van der Waals surface area contributed by atoms with Crippen molar-refractivity contribution >= 4 is 12.4 Å². The Hall–Kier alpha value is -1.06. The van der Waals surface area contributed by atoms with Crippen LogP contribution < -0.4 is 0 Å². The molecular formula is C10H17NO3. The molecule has 1 aliphatic rings. The quantitative estimate of drug-likeness (QED) is 0.693. The number of carboxylic acids is 1. The lowest BCUT2D eigenvalue weighted by molar-refractivity contribution is -0.154. The van der Waals surface area contributed by atoms with Crippen LogP contribution in [0.4, 0.5) is 0 Å². The first-order valence-electron chi connectivity index (χ1n) is 4.76. The number of carbonyl (C=O) groups is 2. The number of amides is 1. The van der Waals surface area contributed by atoms with Gasteiger partial charge in [-0.2, -0.15) is 0 Å². The Morgan fingerprint density at radius 1 is 1.43 bits per heavy atom. The van der Waals surface area contributed by atoms with Gasteiger partial charge in [-0.05, 0) is 24.7 Å². The van der Waals surface area contributed by atoms with Crippen LogP contribution in [0.2, 0.25) is 0 Å². The number of rotatable bonds is 3. The molecule has 1 amide bonds. The molecule has 14 heavy (non-hydrogen) atoms. The van der Waals surface area contributed by atoms with Crippen LogP contribution in [0.3, 0.4) is 0 Å². The van der Waals surface area contributed by atoms with E-state index in [2.05, 4.69) is 0 Å². The molecule has 0 radical (unpaired) electrons. The van der Waals surface area contributed by atoms with Gasteiger partial charge in [0.05, 0.1) is 0 Å². The van der Waals surface area contributed by atoms with Crippen molar-refractivity contribution in [3.05, 3.63) is 0 Å². The number of aliphatic carboxylic acids is 1. The highest BCUT2D eigenvalue weighted by molar-refractivity contribution is 5.82. The Bertz CT molecular complexity index is 262. The highest BCUT2D eigenvalue weighted by Crippen LogP contribution is 2.46. The van der Waals surface area contributed by atoms with Crippen LogP contribution in [0, 0.1) is 5.41 Å². The van der Waals surface area contributed by atoms with E-state index in [9.17, 15) is 14.7 Å². The van der Waals surface area contributed by atoms with Crippen LogP contribution >= 0.6 is 0 Å². The molecule has 1 aliphatic carbocycles. The average Bonchev–Trinajstić information content (AvgIpc) is 2.42. The molecule has 4 heteroatoms. The second-order valence-corrected chi connectivity index (χ2v) is 4.89. The maximum Gasteiger partial charge on any atom is 0.329 e. The molecular weight excluding hydrogens is 182 g/mol. The molecule has 80 valence electrons. The number of nitrogens with zero attached hydrogens (tertiary/aromatic N) is 1. The third kappa shape index (κ3) is 1.61. The van der Waals surface area contributed by atoms with Crippen molar-refractivity contribution in [1.82, 2.24) is 4.90 Å². The fraction of sp³-hybridized carbons (Fsp3) is 0.800. The van der Waals surface area contributed by atoms with Gasteiger partial charge in [0, 0.05) is 7.05 Å². The number of carboxylic acid groups (broad SMARTS) is 1. The maximum atomic E-state index is 11.2. The minimum absolute atomic E-state index is 0.00958. The Labute approximate surface area is 83.9 Å². The van der Waals surface area contributed by atoms with Crippen LogP contribution in [-0.4, -0.2) is 35.0 Å². The summed E-state index contributed by atoms with van der Waals surface area (Å²) in [6.07, 6.45) is 2.53. The largest absolute Gasteiger partial charge is 0.479 e. The van der Waals surface area contributed by atoms with Gasteiger partial charge in [0.2, 0.25) is 6.41 Å². The first-order chi connectivity index (χ1) is 6.34. The predicted octanol–water partition coefficient (Wildman–Crippen LogP) is 1.11. The monoisotopic (exact) mass is 199 g/mol. The van der Waals surface area contributed by atoms with Crippen LogP contribution in [-0.2, 0) is 9.59 Å². The molecule has 1 saturated carbocycles. The summed E-state index contributed by atoms with van der Waals surface area (Å²) in [7, 11) is 1.54. The molecule has 0 aliphatic heterocycles. The summed E-state index contributed by atoms with van der Waals surface area (Å²) >= 11 is 0. The van der Waals surface area contributed by atoms with Gasteiger partial charge in [0.1, 0.15) is 5.54 Å². The molecule has 1 unspecified atom stereocenters. The molecule has 0 aromatic rings. The van der Waals surface area contributed by atoms with Gasteiger partial charge in [-0.1, -0.05) is 13.8 Å². The van der Waals surface area contributed by atoms with Crippen molar-refractivity contribution in [3.63, 3.8) is 0 Å². The molecule has 1 rings (SSSR count). The molecule has 0 bridgehead atoms. The van der Waals surface area contributed by atoms with E-state index in [0.717, 1.165) is 6.42 Å². The van der Waals surface area contributed by atoms with E-state index in [1.54, 1.807) is 7.05 Å². The fourth-order valence-electron chi connectivity index (χ4n) is 2.25. The summed E-state index contributed by atoms with van der Waals surface area (Å²) in [5.41, 5.74) is -0.971. The van der Waals surface area contributed by atoms with E-state index < -0.39 is 11.5 Å². The molecule has 1 fully saturated rings. The van der Waals surface area contributed by atoms with Gasteiger partial charge < -0.3 is 10.0 Å². The highest BCUT2D eigenvalue weighted by atomic mass is 16.4. The minimum Gasteiger partial charge on any atom is -0.479 e. The zero-order valence-electron chi connectivity index (χ0n) is 8.91. The third-order valence-corrected chi connectivity index (χ3v) is 3.22. The van der Waals surface area contributed by atoms with Crippen LogP contribution in [0.25, 0.3) is 0 Å². The zero-order valence-corrected chi connectivity index (χ0v) is 8.91. The smallest absolute Gasteiger partial charge is 0.329 e. The Balaban J connectivity index is 2.97. The molecule has 0 aromatic carbocycles. The Kier molecular flexibility index (Phi) is 2.56. The summed E-state index contributed by atoms with van der Waals surface area (Å²) in [6, 6.07) is 0. The van der Waals surface area contributed by atoms with Crippen LogP contribution in [0.5, 0.6) is 0 Å². The topological polar surface area (TPSA) is 57.6 Å². The summed E-state index contributed by atoms with van der Waals surface area (Å²) in [6.45, 7) is 4.08. The first kappa shape index (κ1) is 11.0. The Morgan fingerprint density at radius 2 is 2.00 bits per heavy atom. The SMILES string of the molecule is CN(C=O)C1(C(=O)O)CCC(C)(C)C1. The van der Waals surface area contributed by atoms with Crippen molar-refractivity contribution in [2.75, 3.05) is 7.05 Å². The second-order valence-electron chi connectivity index (χ2n) is 4.89. The molecule has 0 heterocycles. The maximum absolute atomic E-state index is 11.2. The molecule has 1 N–H and O–H groups in total. The number of hydrogen-bond acceptors (Lipinski definition) is 2. The van der Waals surface area contributed by atoms with Crippen molar-refractivity contribution in [3.8, 4) is 0 Å². The van der Waals surface area contributed by atoms with Crippen molar-refractivity contribution in [2.24, 2.45) is 5.41 Å². The summed E-state index contributed by atoms with van der Waals surface area (Å²) in [4.78, 5) is 23.2. The van der Waals surface area contributed by atoms with Crippen molar-refractivity contribution < 1.29 is 14.7 Å². The van der Waals surface area contributed by atoms with Gasteiger partial charge >= 0.3 is 5.97 Å². The number of likely N-dealkylation sites (N-methyl/N-ethyl adjacent to an activating group) is 1. The number of hydrogen-bond donors (Lipinski definition) is 1. The van der Waals surface area contributed by atoms with Gasteiger partial charge in [-0.15, -0.1) is 0 Å². The van der Waals surface area contributed by atoms with E-state index in [0.29, 0.717) is 19.3 Å². The Morgan fingerprint density at radius 3 is 2.29 bits per heavy atom. The number of carbonyl (C=O) groups excluding carboxylic acids is 1. The van der Waals surface area contributed by atoms with E-state index in [-0.39, 0.29) is 5.41 Å². The molecule has 0 spiro atoms. The second kappa shape index (κ2) is 3.26. The zero-order chi connectivity index (χ0) is 11.0. The van der Waals surface area contributed by atoms with Crippen molar-refractivity contribution in [1.29, 1.82) is 0 Å². The molecule has 4 nitrogen and oxygen atoms in total. The summed E-state index contributed by atoms with van der Waals surface area (Å²) in [5.74, 6) is -0.891. The highest BCUT2D eigenvalue weighted by Gasteiger charge is 2.51. The van der Waals surface area contributed by atoms with E-state index in [1.807, 2.05) is 13.8 Å². The molecule has 0 saturated heterocycles. The van der Waals surface area contributed by atoms with E-state index in [4.69, 9.17) is 0 Å². The minimum atomic E-state index is -0.981. The first-order valence-corrected chi connectivity index (χ1v) is 4.76. The lowest BCUT2D eigenvalue weighted by Crippen LogP contribution is -2.50. The van der Waals surface area contributed by atoms with Gasteiger partial charge in [0.25, 0.3) is 0 Å². The molecule has 0 aromatic heterocycles. The predicted molar refractivity (Wildman–Crippen MR) is 51.8 cm³/mol. The van der Waals surface area contributed by atoms with E-state index in [1.165, 1.54) is 4.90 Å². The van der Waals surface area contributed by atoms with Gasteiger partial charge in [-0.3, -0.25) is 4.79 Å². The van der Waals surface area contributed by atoms with Gasteiger partial charge in [-0.25, -0.2) is 4.79 Å². The van der Waals surface area contributed by atoms with Crippen molar-refractivity contribution in [2.45, 2.75) is 38.6 Å². The van der Waals surface area contributed by atoms with E-state index >= 15 is 0 Å².